The Balaban J connectivity index is 0.00000289. The predicted octanol–water partition coefficient (Wildman–Crippen LogP) is 3.82. The number of halogens is 2. The number of rotatable bonds is 5. The lowest BCUT2D eigenvalue weighted by atomic mass is 9.97. The molecule has 1 rings (SSSR count). The second-order valence-electron chi connectivity index (χ2n) is 4.44. The summed E-state index contributed by atoms with van der Waals surface area (Å²) in [6.45, 7) is 4.27. The van der Waals surface area contributed by atoms with Gasteiger partial charge in [0, 0.05) is 6.04 Å². The fourth-order valence-electron chi connectivity index (χ4n) is 1.83. The summed E-state index contributed by atoms with van der Waals surface area (Å²) in [5, 5.41) is 0.542. The van der Waals surface area contributed by atoms with Gasteiger partial charge in [-0.2, -0.15) is 0 Å². The van der Waals surface area contributed by atoms with Gasteiger partial charge in [-0.25, -0.2) is 0 Å². The summed E-state index contributed by atoms with van der Waals surface area (Å²) in [4.78, 5) is 0. The number of hydrogen-bond donors (Lipinski definition) is 1. The monoisotopic (exact) mass is 293 g/mol. The molecule has 1 aromatic carbocycles. The molecule has 0 saturated carbocycles. The fourth-order valence-corrected chi connectivity index (χ4v) is 2.20. The Morgan fingerprint density at radius 1 is 1.22 bits per heavy atom. The summed E-state index contributed by atoms with van der Waals surface area (Å²) < 4.78 is 10.4. The highest BCUT2D eigenvalue weighted by Crippen LogP contribution is 2.40. The summed E-state index contributed by atoms with van der Waals surface area (Å²) in [7, 11) is 3.16. The standard InChI is InChI=1S/C13H20ClNO2.ClH/c1-8(2)7-10(15)9-5-6-11(16-3)13(17-4)12(9)14;/h5-6,8,10H,7,15H2,1-4H3;1H/t10-;/m0./s1. The van der Waals surface area contributed by atoms with Crippen LogP contribution >= 0.6 is 24.0 Å². The maximum absolute atomic E-state index is 6.29. The summed E-state index contributed by atoms with van der Waals surface area (Å²) >= 11 is 6.29. The van der Waals surface area contributed by atoms with E-state index >= 15 is 0 Å². The van der Waals surface area contributed by atoms with Crippen LogP contribution in [0.2, 0.25) is 5.02 Å². The zero-order valence-electron chi connectivity index (χ0n) is 11.2. The summed E-state index contributed by atoms with van der Waals surface area (Å²) in [6, 6.07) is 3.65. The van der Waals surface area contributed by atoms with E-state index in [1.807, 2.05) is 12.1 Å². The van der Waals surface area contributed by atoms with E-state index < -0.39 is 0 Å². The number of methoxy groups -OCH3 is 2. The lowest BCUT2D eigenvalue weighted by Gasteiger charge is -2.18. The van der Waals surface area contributed by atoms with Crippen molar-refractivity contribution < 1.29 is 9.47 Å². The zero-order chi connectivity index (χ0) is 13.0. The highest BCUT2D eigenvalue weighted by molar-refractivity contribution is 6.33. The highest BCUT2D eigenvalue weighted by atomic mass is 35.5. The molecular formula is C13H21Cl2NO2. The quantitative estimate of drug-likeness (QED) is 0.897. The van der Waals surface area contributed by atoms with E-state index in [1.165, 1.54) is 0 Å². The fraction of sp³-hybridized carbons (Fsp3) is 0.538. The van der Waals surface area contributed by atoms with Gasteiger partial charge in [0.15, 0.2) is 11.5 Å². The molecule has 0 saturated heterocycles. The van der Waals surface area contributed by atoms with Gasteiger partial charge in [0.25, 0.3) is 0 Å². The van der Waals surface area contributed by atoms with Crippen molar-refractivity contribution in [3.05, 3.63) is 22.7 Å². The van der Waals surface area contributed by atoms with Crippen molar-refractivity contribution in [1.82, 2.24) is 0 Å². The van der Waals surface area contributed by atoms with Crippen LogP contribution < -0.4 is 15.2 Å². The molecular weight excluding hydrogens is 273 g/mol. The van der Waals surface area contributed by atoms with Crippen LogP contribution in [-0.2, 0) is 0 Å². The van der Waals surface area contributed by atoms with Crippen LogP contribution in [0.1, 0.15) is 31.9 Å². The normalized spacial score (nSPS) is 11.9. The first-order valence-electron chi connectivity index (χ1n) is 5.67. The van der Waals surface area contributed by atoms with Crippen LogP contribution in [-0.4, -0.2) is 14.2 Å². The van der Waals surface area contributed by atoms with E-state index in [9.17, 15) is 0 Å². The van der Waals surface area contributed by atoms with Crippen LogP contribution in [0.15, 0.2) is 12.1 Å². The van der Waals surface area contributed by atoms with E-state index in [-0.39, 0.29) is 18.4 Å². The average molecular weight is 294 g/mol. The van der Waals surface area contributed by atoms with E-state index in [1.54, 1.807) is 14.2 Å². The molecule has 1 atom stereocenters. The van der Waals surface area contributed by atoms with Gasteiger partial charge >= 0.3 is 0 Å². The predicted molar refractivity (Wildman–Crippen MR) is 78.2 cm³/mol. The lowest BCUT2D eigenvalue weighted by molar-refractivity contribution is 0.354. The molecule has 0 fully saturated rings. The second-order valence-corrected chi connectivity index (χ2v) is 4.82. The molecule has 0 radical (unpaired) electrons. The number of benzene rings is 1. The first kappa shape index (κ1) is 17.4. The van der Waals surface area contributed by atoms with E-state index in [4.69, 9.17) is 26.8 Å². The minimum Gasteiger partial charge on any atom is -0.493 e. The Kier molecular flexibility index (Phi) is 7.45. The molecule has 0 aliphatic rings. The van der Waals surface area contributed by atoms with Crippen LogP contribution in [0.25, 0.3) is 0 Å². The van der Waals surface area contributed by atoms with Gasteiger partial charge in [-0.3, -0.25) is 0 Å². The molecule has 18 heavy (non-hydrogen) atoms. The molecule has 0 spiro atoms. The van der Waals surface area contributed by atoms with Gasteiger partial charge in [-0.05, 0) is 24.0 Å². The van der Waals surface area contributed by atoms with E-state index in [0.717, 1.165) is 12.0 Å². The van der Waals surface area contributed by atoms with Crippen molar-refractivity contribution in [2.45, 2.75) is 26.3 Å². The Morgan fingerprint density at radius 2 is 1.83 bits per heavy atom. The second kappa shape index (κ2) is 7.72. The molecule has 0 aliphatic carbocycles. The van der Waals surface area contributed by atoms with Gasteiger partial charge in [-0.15, -0.1) is 12.4 Å². The molecule has 0 heterocycles. The maximum atomic E-state index is 6.29. The summed E-state index contributed by atoms with van der Waals surface area (Å²) in [5.74, 6) is 1.69. The van der Waals surface area contributed by atoms with E-state index in [2.05, 4.69) is 13.8 Å². The Hall–Kier alpha value is -0.640. The van der Waals surface area contributed by atoms with Gasteiger partial charge in [0.05, 0.1) is 19.2 Å². The number of nitrogens with two attached hydrogens (primary N) is 1. The Labute approximate surface area is 120 Å². The van der Waals surface area contributed by atoms with Gasteiger partial charge in [0.1, 0.15) is 0 Å². The van der Waals surface area contributed by atoms with Crippen LogP contribution in [0, 0.1) is 5.92 Å². The van der Waals surface area contributed by atoms with Crippen molar-refractivity contribution >= 4 is 24.0 Å². The van der Waals surface area contributed by atoms with Crippen molar-refractivity contribution in [3.63, 3.8) is 0 Å². The third-order valence-electron chi connectivity index (χ3n) is 2.64. The largest absolute Gasteiger partial charge is 0.493 e. The SMILES string of the molecule is COc1ccc([C@@H](N)CC(C)C)c(Cl)c1OC.Cl. The van der Waals surface area contributed by atoms with Crippen molar-refractivity contribution in [2.75, 3.05) is 14.2 Å². The lowest BCUT2D eigenvalue weighted by Crippen LogP contribution is -2.13. The first-order chi connectivity index (χ1) is 8.01. The topological polar surface area (TPSA) is 44.5 Å². The van der Waals surface area contributed by atoms with Crippen LogP contribution in [0.4, 0.5) is 0 Å². The van der Waals surface area contributed by atoms with E-state index in [0.29, 0.717) is 22.4 Å². The summed E-state index contributed by atoms with van der Waals surface area (Å²) in [5.41, 5.74) is 7.03. The third kappa shape index (κ3) is 3.94. The minimum absolute atomic E-state index is 0. The smallest absolute Gasteiger partial charge is 0.179 e. The minimum atomic E-state index is -0.0812. The molecule has 0 unspecified atom stereocenters. The Morgan fingerprint density at radius 3 is 2.28 bits per heavy atom. The van der Waals surface area contributed by atoms with Crippen molar-refractivity contribution in [3.8, 4) is 11.5 Å². The van der Waals surface area contributed by atoms with Gasteiger partial charge in [0.2, 0.25) is 0 Å². The molecule has 0 amide bonds. The number of ether oxygens (including phenoxy) is 2. The van der Waals surface area contributed by atoms with Crippen LogP contribution in [0.3, 0.4) is 0 Å². The molecule has 5 heteroatoms. The zero-order valence-corrected chi connectivity index (χ0v) is 12.8. The third-order valence-corrected chi connectivity index (χ3v) is 3.03. The van der Waals surface area contributed by atoms with Crippen molar-refractivity contribution in [2.24, 2.45) is 11.7 Å². The molecule has 0 bridgehead atoms. The average Bonchev–Trinajstić information content (AvgIpc) is 2.27. The molecule has 104 valence electrons. The van der Waals surface area contributed by atoms with Crippen molar-refractivity contribution in [1.29, 1.82) is 0 Å². The molecule has 2 N–H and O–H groups in total. The molecule has 1 aromatic rings. The number of hydrogen-bond acceptors (Lipinski definition) is 3. The summed E-state index contributed by atoms with van der Waals surface area (Å²) in [6.07, 6.45) is 0.884. The van der Waals surface area contributed by atoms with Crippen LogP contribution in [0.5, 0.6) is 11.5 Å². The highest BCUT2D eigenvalue weighted by Gasteiger charge is 2.18. The molecule has 0 aromatic heterocycles. The molecule has 3 nitrogen and oxygen atoms in total. The molecule has 0 aliphatic heterocycles. The van der Waals surface area contributed by atoms with Gasteiger partial charge < -0.3 is 15.2 Å². The Bertz CT molecular complexity index is 383. The maximum Gasteiger partial charge on any atom is 0.179 e. The first-order valence-corrected chi connectivity index (χ1v) is 6.05. The van der Waals surface area contributed by atoms with Gasteiger partial charge in [-0.1, -0.05) is 31.5 Å².